The van der Waals surface area contributed by atoms with Gasteiger partial charge in [0.1, 0.15) is 6.54 Å². The largest absolute Gasteiger partial charge is 0.299 e. The second-order valence-corrected chi connectivity index (χ2v) is 4.54. The lowest BCUT2D eigenvalue weighted by Crippen LogP contribution is -2.27. The molecule has 0 radical (unpaired) electrons. The van der Waals surface area contributed by atoms with Crippen LogP contribution in [-0.2, 0) is 6.54 Å². The van der Waals surface area contributed by atoms with E-state index in [4.69, 9.17) is 5.73 Å². The van der Waals surface area contributed by atoms with Crippen molar-refractivity contribution in [3.63, 3.8) is 0 Å². The Labute approximate surface area is 115 Å². The van der Waals surface area contributed by atoms with E-state index in [1.165, 1.54) is 12.1 Å². The van der Waals surface area contributed by atoms with Gasteiger partial charge < -0.3 is 0 Å². The number of hydrogen-bond donors (Lipinski definition) is 2. The monoisotopic (exact) mass is 269 g/mol. The number of hydrazine groups is 1. The number of amidine groups is 1. The second-order valence-electron chi connectivity index (χ2n) is 4.54. The Morgan fingerprint density at radius 3 is 2.50 bits per heavy atom. The number of fused-ring (bicyclic) bond motifs is 1. The summed E-state index contributed by atoms with van der Waals surface area (Å²) < 4.78 is 1.83. The molecule has 0 unspecified atom stereocenters. The third kappa shape index (κ3) is 2.07. The Kier molecular flexibility index (Phi) is 2.83. The molecule has 0 bridgehead atoms. The van der Waals surface area contributed by atoms with Gasteiger partial charge in [0.2, 0.25) is 0 Å². The first-order valence-corrected chi connectivity index (χ1v) is 6.14. The molecule has 0 fully saturated rings. The maximum absolute atomic E-state index is 10.6. The van der Waals surface area contributed by atoms with E-state index in [9.17, 15) is 10.1 Å². The van der Waals surface area contributed by atoms with E-state index >= 15 is 0 Å². The van der Waals surface area contributed by atoms with Gasteiger partial charge in [0, 0.05) is 17.7 Å². The lowest BCUT2D eigenvalue weighted by Gasteiger charge is -2.06. The zero-order valence-corrected chi connectivity index (χ0v) is 10.6. The van der Waals surface area contributed by atoms with Gasteiger partial charge in [-0.15, -0.1) is 0 Å². The maximum Gasteiger partial charge on any atom is 0.299 e. The van der Waals surface area contributed by atoms with Gasteiger partial charge in [-0.25, -0.2) is 5.43 Å². The molecule has 20 heavy (non-hydrogen) atoms. The van der Waals surface area contributed by atoms with Crippen molar-refractivity contribution < 1.29 is 9.61 Å². The molecule has 2 aromatic carbocycles. The molecule has 2 aromatic rings. The SMILES string of the molecule is NC1=[N+](Nc2ccc([N+](=O)[O-])cc2)Cc2ccccc21. The molecular weight excluding hydrogens is 256 g/mol. The quantitative estimate of drug-likeness (QED) is 0.506. The summed E-state index contributed by atoms with van der Waals surface area (Å²) in [5, 5.41) is 10.6. The van der Waals surface area contributed by atoms with Crippen molar-refractivity contribution in [2.45, 2.75) is 6.54 Å². The lowest BCUT2D eigenvalue weighted by atomic mass is 10.1. The summed E-state index contributed by atoms with van der Waals surface area (Å²) in [6.07, 6.45) is 0. The lowest BCUT2D eigenvalue weighted by molar-refractivity contribution is -0.508. The van der Waals surface area contributed by atoms with Crippen molar-refractivity contribution in [2.24, 2.45) is 5.73 Å². The number of hydrogen-bond acceptors (Lipinski definition) is 4. The molecule has 1 heterocycles. The topological polar surface area (TPSA) is 84.2 Å². The fraction of sp³-hybridized carbons (Fsp3) is 0.0714. The molecule has 0 spiro atoms. The molecule has 6 heteroatoms. The van der Waals surface area contributed by atoms with E-state index < -0.39 is 4.92 Å². The van der Waals surface area contributed by atoms with Gasteiger partial charge >= 0.3 is 0 Å². The summed E-state index contributed by atoms with van der Waals surface area (Å²) in [7, 11) is 0. The van der Waals surface area contributed by atoms with Gasteiger partial charge in [-0.05, 0) is 18.2 Å². The molecule has 0 aliphatic carbocycles. The van der Waals surface area contributed by atoms with E-state index in [1.807, 2.05) is 28.9 Å². The number of anilines is 1. The van der Waals surface area contributed by atoms with Crippen LogP contribution >= 0.6 is 0 Å². The van der Waals surface area contributed by atoms with Crippen molar-refractivity contribution in [2.75, 3.05) is 5.43 Å². The molecule has 0 saturated carbocycles. The minimum absolute atomic E-state index is 0.0669. The summed E-state index contributed by atoms with van der Waals surface area (Å²) in [5.41, 5.74) is 12.2. The maximum atomic E-state index is 10.6. The number of benzene rings is 2. The van der Waals surface area contributed by atoms with Crippen LogP contribution in [0.25, 0.3) is 0 Å². The van der Waals surface area contributed by atoms with Gasteiger partial charge in [-0.2, -0.15) is 4.68 Å². The highest BCUT2D eigenvalue weighted by molar-refractivity contribution is 5.96. The molecule has 6 nitrogen and oxygen atoms in total. The first-order chi connectivity index (χ1) is 9.65. The molecule has 3 rings (SSSR count). The molecule has 0 saturated heterocycles. The molecule has 3 N–H and O–H groups in total. The van der Waals surface area contributed by atoms with E-state index in [0.29, 0.717) is 12.4 Å². The molecule has 100 valence electrons. The Bertz CT molecular complexity index is 707. The van der Waals surface area contributed by atoms with Crippen LogP contribution in [0.1, 0.15) is 11.1 Å². The summed E-state index contributed by atoms with van der Waals surface area (Å²) in [6, 6.07) is 14.2. The van der Waals surface area contributed by atoms with Gasteiger partial charge in [-0.3, -0.25) is 15.8 Å². The van der Waals surface area contributed by atoms with E-state index in [1.54, 1.807) is 12.1 Å². The van der Waals surface area contributed by atoms with E-state index in [2.05, 4.69) is 5.43 Å². The van der Waals surface area contributed by atoms with Crippen molar-refractivity contribution in [3.05, 3.63) is 69.8 Å². The van der Waals surface area contributed by atoms with Crippen LogP contribution in [-0.4, -0.2) is 15.4 Å². The predicted molar refractivity (Wildman–Crippen MR) is 75.4 cm³/mol. The van der Waals surface area contributed by atoms with Crippen LogP contribution in [0.4, 0.5) is 11.4 Å². The van der Waals surface area contributed by atoms with Gasteiger partial charge in [0.05, 0.1) is 16.2 Å². The fourth-order valence-corrected chi connectivity index (χ4v) is 2.22. The van der Waals surface area contributed by atoms with Crippen LogP contribution in [0.3, 0.4) is 0 Å². The zero-order valence-electron chi connectivity index (χ0n) is 10.6. The normalized spacial score (nSPS) is 13.2. The van der Waals surface area contributed by atoms with Crippen LogP contribution in [0, 0.1) is 10.1 Å². The first-order valence-electron chi connectivity index (χ1n) is 6.14. The molecular formula is C14H13N4O2+. The number of nitro groups is 1. The highest BCUT2D eigenvalue weighted by Gasteiger charge is 2.24. The Balaban J connectivity index is 1.83. The average Bonchev–Trinajstić information content (AvgIpc) is 2.77. The number of non-ortho nitro benzene ring substituents is 1. The Hall–Kier alpha value is -2.89. The molecule has 1 aliphatic rings. The van der Waals surface area contributed by atoms with Crippen LogP contribution in [0.2, 0.25) is 0 Å². The minimum atomic E-state index is -0.421. The van der Waals surface area contributed by atoms with Gasteiger partial charge in [-0.1, -0.05) is 18.2 Å². The van der Waals surface area contributed by atoms with Gasteiger partial charge in [0.15, 0.2) is 0 Å². The van der Waals surface area contributed by atoms with Crippen LogP contribution < -0.4 is 11.2 Å². The summed E-state index contributed by atoms with van der Waals surface area (Å²) in [6.45, 7) is 0.666. The van der Waals surface area contributed by atoms with Gasteiger partial charge in [0.25, 0.3) is 11.5 Å². The number of nitrogens with zero attached hydrogens (tertiary/aromatic N) is 2. The van der Waals surface area contributed by atoms with Crippen molar-refractivity contribution in [3.8, 4) is 0 Å². The predicted octanol–water partition coefficient (Wildman–Crippen LogP) is 1.85. The smallest absolute Gasteiger partial charge is 0.285 e. The second kappa shape index (κ2) is 4.65. The Morgan fingerprint density at radius 2 is 1.85 bits per heavy atom. The highest BCUT2D eigenvalue weighted by Crippen LogP contribution is 2.19. The number of nitro benzene ring substituents is 1. The first kappa shape index (κ1) is 12.2. The number of hydrazone groups is 1. The average molecular weight is 269 g/mol. The summed E-state index contributed by atoms with van der Waals surface area (Å²) >= 11 is 0. The van der Waals surface area contributed by atoms with Crippen LogP contribution in [0.5, 0.6) is 0 Å². The van der Waals surface area contributed by atoms with E-state index in [0.717, 1.165) is 16.8 Å². The third-order valence-corrected chi connectivity index (χ3v) is 3.25. The van der Waals surface area contributed by atoms with Crippen LogP contribution in [0.15, 0.2) is 48.5 Å². The molecule has 0 aromatic heterocycles. The third-order valence-electron chi connectivity index (χ3n) is 3.25. The molecule has 0 atom stereocenters. The number of nitrogens with one attached hydrogen (secondary N) is 1. The van der Waals surface area contributed by atoms with Crippen molar-refractivity contribution in [1.82, 2.24) is 0 Å². The number of nitrogens with two attached hydrogens (primary N) is 1. The Morgan fingerprint density at radius 1 is 1.15 bits per heavy atom. The minimum Gasteiger partial charge on any atom is -0.285 e. The molecule has 0 amide bonds. The summed E-state index contributed by atoms with van der Waals surface area (Å²) in [4.78, 5) is 10.2. The summed E-state index contributed by atoms with van der Waals surface area (Å²) in [5.74, 6) is 0.652. The van der Waals surface area contributed by atoms with Crippen molar-refractivity contribution >= 4 is 17.2 Å². The number of rotatable bonds is 3. The standard InChI is InChI=1S/C14H12N4O2/c15-14-13-4-2-1-3-10(13)9-17(14)16-11-5-7-12(8-6-11)18(19)20/h1-8,15-16H,9H2/p+1. The van der Waals surface area contributed by atoms with E-state index in [-0.39, 0.29) is 5.69 Å². The fourth-order valence-electron chi connectivity index (χ4n) is 2.22. The highest BCUT2D eigenvalue weighted by atomic mass is 16.6. The molecule has 1 aliphatic heterocycles. The van der Waals surface area contributed by atoms with Crippen molar-refractivity contribution in [1.29, 1.82) is 0 Å². The zero-order chi connectivity index (χ0) is 14.1.